The fourth-order valence-corrected chi connectivity index (χ4v) is 6.66. The number of nitriles is 2. The van der Waals surface area contributed by atoms with Crippen LogP contribution < -0.4 is 4.90 Å². The first-order valence-electron chi connectivity index (χ1n) is 20.3. The molecule has 0 aliphatic heterocycles. The van der Waals surface area contributed by atoms with Crippen LogP contribution in [-0.4, -0.2) is 9.97 Å². The van der Waals surface area contributed by atoms with E-state index in [-0.39, 0.29) is 69.4 Å². The lowest BCUT2D eigenvalue weighted by Gasteiger charge is -2.26. The number of hydrogen-bond acceptors (Lipinski definition) is 7. The summed E-state index contributed by atoms with van der Waals surface area (Å²) < 4.78 is 68.3. The van der Waals surface area contributed by atoms with E-state index in [2.05, 4.69) is 9.97 Å². The number of hydrogen-bond donors (Lipinski definition) is 0. The zero-order valence-corrected chi connectivity index (χ0v) is 28.7. The summed E-state index contributed by atoms with van der Waals surface area (Å²) >= 11 is 0. The summed E-state index contributed by atoms with van der Waals surface area (Å²) in [7, 11) is 0. The predicted molar refractivity (Wildman–Crippen MR) is 217 cm³/mol. The topological polar surface area (TPSA) is 103 Å². The monoisotopic (exact) mass is 711 g/mol. The van der Waals surface area contributed by atoms with Crippen LogP contribution in [0.5, 0.6) is 0 Å². The molecular weight excluding hydrogens is 679 g/mol. The molecular formula is C48H27N5O2. The third-order valence-corrected chi connectivity index (χ3v) is 9.42. The molecule has 0 fully saturated rings. The summed E-state index contributed by atoms with van der Waals surface area (Å²) in [6.45, 7) is 0. The van der Waals surface area contributed by atoms with E-state index in [1.54, 1.807) is 59.5 Å². The first kappa shape index (κ1) is 25.9. The zero-order valence-electron chi connectivity index (χ0n) is 34.7. The normalized spacial score (nSPS) is 12.8. The van der Waals surface area contributed by atoms with Crippen molar-refractivity contribution in [2.45, 2.75) is 0 Å². The minimum atomic E-state index is -0.386. The van der Waals surface area contributed by atoms with Crippen LogP contribution in [-0.2, 0) is 0 Å². The zero-order chi connectivity index (χ0) is 42.1. The maximum Gasteiger partial charge on any atom is 0.227 e. The number of oxazole rings is 2. The molecule has 2 heterocycles. The molecule has 0 N–H and O–H groups in total. The van der Waals surface area contributed by atoms with Gasteiger partial charge in [-0.3, -0.25) is 0 Å². The molecule has 0 bridgehead atoms. The van der Waals surface area contributed by atoms with Gasteiger partial charge in [0.25, 0.3) is 0 Å². The predicted octanol–water partition coefficient (Wildman–Crippen LogP) is 12.5. The van der Waals surface area contributed by atoms with Crippen molar-refractivity contribution in [3.63, 3.8) is 0 Å². The molecule has 0 atom stereocenters. The molecule has 55 heavy (non-hydrogen) atoms. The third-order valence-electron chi connectivity index (χ3n) is 9.42. The molecule has 0 amide bonds. The minimum absolute atomic E-state index is 0.0233. The molecule has 256 valence electrons. The molecule has 8 aromatic carbocycles. The second-order valence-electron chi connectivity index (χ2n) is 12.8. The summed E-state index contributed by atoms with van der Waals surface area (Å²) in [5.74, 6) is 0.820. The summed E-state index contributed by atoms with van der Waals surface area (Å²) in [5.41, 5.74) is 5.89. The Hall–Kier alpha value is -8.00. The molecule has 0 aliphatic rings. The number of anilines is 3. The first-order valence-corrected chi connectivity index (χ1v) is 17.3. The number of rotatable bonds is 6. The fraction of sp³-hybridized carbons (Fsp3) is 0. The molecule has 0 unspecified atom stereocenters. The van der Waals surface area contributed by atoms with Gasteiger partial charge in [0, 0.05) is 28.2 Å². The molecule has 10 aromatic rings. The maximum atomic E-state index is 9.64. The largest absolute Gasteiger partial charge is 0.436 e. The SMILES string of the molecule is [2H]c1c(N(c2ccc(-c3nc4ccccc4o3)cc2)c2ccc(-c3nc4ccccc4o3)cc2)c([2H])c2c([2H])c([2H])c(-c3ccc4cc(C#N)c(C#N)cc4c3)c([2H])c2c1[2H]. The van der Waals surface area contributed by atoms with Crippen molar-refractivity contribution in [2.75, 3.05) is 4.90 Å². The van der Waals surface area contributed by atoms with E-state index >= 15 is 0 Å². The van der Waals surface area contributed by atoms with E-state index in [4.69, 9.17) is 8.83 Å². The highest BCUT2D eigenvalue weighted by Crippen LogP contribution is 2.39. The molecule has 7 heteroatoms. The van der Waals surface area contributed by atoms with Gasteiger partial charge in [-0.1, -0.05) is 54.5 Å². The average Bonchev–Trinajstić information content (AvgIpc) is 3.93. The second kappa shape index (κ2) is 12.9. The fourth-order valence-electron chi connectivity index (χ4n) is 6.66. The molecule has 0 aliphatic carbocycles. The van der Waals surface area contributed by atoms with Crippen molar-refractivity contribution >= 4 is 60.8 Å². The second-order valence-corrected chi connectivity index (χ2v) is 12.8. The number of fused-ring (bicyclic) bond motifs is 4. The highest BCUT2D eigenvalue weighted by molar-refractivity contribution is 5.95. The van der Waals surface area contributed by atoms with Gasteiger partial charge in [-0.25, -0.2) is 9.97 Å². The van der Waals surface area contributed by atoms with Crippen molar-refractivity contribution in [1.29, 1.82) is 10.5 Å². The van der Waals surface area contributed by atoms with Crippen molar-refractivity contribution in [1.82, 2.24) is 9.97 Å². The van der Waals surface area contributed by atoms with Crippen LogP contribution in [0, 0.1) is 22.7 Å². The highest BCUT2D eigenvalue weighted by atomic mass is 16.4. The van der Waals surface area contributed by atoms with Gasteiger partial charge in [0.15, 0.2) is 11.2 Å². The Morgan fingerprint density at radius 3 is 1.58 bits per heavy atom. The van der Waals surface area contributed by atoms with E-state index in [1.807, 2.05) is 84.9 Å². The van der Waals surface area contributed by atoms with E-state index < -0.39 is 0 Å². The number of nitrogens with zero attached hydrogens (tertiary/aromatic N) is 5. The lowest BCUT2D eigenvalue weighted by molar-refractivity contribution is 0.619. The summed E-state index contributed by atoms with van der Waals surface area (Å²) in [5, 5.41) is 20.2. The average molecular weight is 712 g/mol. The Morgan fingerprint density at radius 2 is 1.00 bits per heavy atom. The highest BCUT2D eigenvalue weighted by Gasteiger charge is 2.17. The minimum Gasteiger partial charge on any atom is -0.436 e. The Morgan fingerprint density at radius 1 is 0.473 bits per heavy atom. The maximum absolute atomic E-state index is 9.64. The van der Waals surface area contributed by atoms with Gasteiger partial charge >= 0.3 is 0 Å². The summed E-state index contributed by atoms with van der Waals surface area (Å²) in [4.78, 5) is 10.9. The van der Waals surface area contributed by atoms with E-state index in [9.17, 15) is 18.7 Å². The van der Waals surface area contributed by atoms with E-state index in [0.29, 0.717) is 72.8 Å². The van der Waals surface area contributed by atoms with Crippen molar-refractivity contribution in [3.8, 4) is 46.2 Å². The molecule has 0 saturated carbocycles. The van der Waals surface area contributed by atoms with Gasteiger partial charge in [-0.05, 0) is 142 Å². The molecule has 2 aromatic heterocycles. The standard InChI is InChI=1S/C48H27N5O2/c49-28-38-25-35-11-9-33(24-37(35)26-39(38)29-50)32-10-12-36-27-42(22-17-34(36)23-32)53(40-18-13-30(14-19-40)47-51-43-5-1-3-7-45(43)54-47)41-20-15-31(16-21-41)48-52-44-6-2-4-8-46(44)55-48/h1-27H/i10D,12D,17D,22D,23D,27D. The molecule has 7 nitrogen and oxygen atoms in total. The number of benzene rings is 8. The number of para-hydroxylation sites is 4. The Bertz CT molecular complexity index is 3350. The quantitative estimate of drug-likeness (QED) is 0.169. The van der Waals surface area contributed by atoms with Crippen molar-refractivity contribution in [3.05, 3.63) is 175 Å². The smallest absolute Gasteiger partial charge is 0.227 e. The van der Waals surface area contributed by atoms with Gasteiger partial charge in [0.2, 0.25) is 11.8 Å². The molecule has 10 rings (SSSR count). The lowest BCUT2D eigenvalue weighted by Crippen LogP contribution is -2.09. The van der Waals surface area contributed by atoms with Crippen molar-refractivity contribution in [2.24, 2.45) is 0 Å². The number of aromatic nitrogens is 2. The van der Waals surface area contributed by atoms with Crippen LogP contribution in [0.4, 0.5) is 17.1 Å². The molecule has 0 spiro atoms. The van der Waals surface area contributed by atoms with Crippen LogP contribution in [0.25, 0.3) is 77.8 Å². The first-order chi connectivity index (χ1) is 29.6. The van der Waals surface area contributed by atoms with Crippen LogP contribution in [0.2, 0.25) is 0 Å². The van der Waals surface area contributed by atoms with Crippen LogP contribution in [0.15, 0.2) is 172 Å². The van der Waals surface area contributed by atoms with Gasteiger partial charge in [-0.15, -0.1) is 0 Å². The van der Waals surface area contributed by atoms with Crippen LogP contribution in [0.1, 0.15) is 19.4 Å². The van der Waals surface area contributed by atoms with Gasteiger partial charge in [-0.2, -0.15) is 10.5 Å². The van der Waals surface area contributed by atoms with E-state index in [0.717, 1.165) is 0 Å². The van der Waals surface area contributed by atoms with E-state index in [1.165, 1.54) is 0 Å². The Kier molecular flexibility index (Phi) is 6.06. The van der Waals surface area contributed by atoms with Gasteiger partial charge in [0.1, 0.15) is 23.2 Å². The molecule has 0 saturated heterocycles. The van der Waals surface area contributed by atoms with Crippen LogP contribution >= 0.6 is 0 Å². The van der Waals surface area contributed by atoms with Crippen LogP contribution in [0.3, 0.4) is 0 Å². The Balaban J connectivity index is 1.14. The lowest BCUT2D eigenvalue weighted by atomic mass is 9.96. The summed E-state index contributed by atoms with van der Waals surface area (Å²) in [6.07, 6.45) is 0. The van der Waals surface area contributed by atoms with Gasteiger partial charge in [0.05, 0.1) is 19.4 Å². The van der Waals surface area contributed by atoms with Gasteiger partial charge < -0.3 is 13.7 Å². The third kappa shape index (κ3) is 5.70. The van der Waals surface area contributed by atoms with Crippen molar-refractivity contribution < 1.29 is 17.1 Å². The Labute approximate surface area is 323 Å². The summed E-state index contributed by atoms with van der Waals surface area (Å²) in [6, 6.07) is 39.5. The molecule has 0 radical (unpaired) electrons.